The lowest BCUT2D eigenvalue weighted by atomic mass is 9.67. The van der Waals surface area contributed by atoms with Gasteiger partial charge >= 0.3 is 0 Å². The molecule has 0 radical (unpaired) electrons. The van der Waals surface area contributed by atoms with Crippen LogP contribution in [0.15, 0.2) is 29.6 Å². The van der Waals surface area contributed by atoms with Gasteiger partial charge in [-0.3, -0.25) is 0 Å². The van der Waals surface area contributed by atoms with E-state index in [0.717, 1.165) is 11.6 Å². The van der Waals surface area contributed by atoms with Gasteiger partial charge in [-0.05, 0) is 25.3 Å². The van der Waals surface area contributed by atoms with Gasteiger partial charge in [0.15, 0.2) is 0 Å². The van der Waals surface area contributed by atoms with E-state index in [4.69, 9.17) is 10.7 Å². The third-order valence-electron chi connectivity index (χ3n) is 4.12. The molecule has 94 valence electrons. The molecule has 0 bridgehead atoms. The Morgan fingerprint density at radius 3 is 2.72 bits per heavy atom. The van der Waals surface area contributed by atoms with Crippen LogP contribution in [0.25, 0.3) is 10.6 Å². The van der Waals surface area contributed by atoms with Crippen molar-refractivity contribution >= 4 is 11.3 Å². The molecule has 0 saturated heterocycles. The number of aromatic nitrogens is 1. The predicted molar refractivity (Wildman–Crippen MR) is 76.9 cm³/mol. The molecule has 1 aliphatic rings. The van der Waals surface area contributed by atoms with Crippen molar-refractivity contribution in [2.45, 2.75) is 31.6 Å². The van der Waals surface area contributed by atoms with E-state index >= 15 is 0 Å². The van der Waals surface area contributed by atoms with Crippen LogP contribution in [0.3, 0.4) is 0 Å². The summed E-state index contributed by atoms with van der Waals surface area (Å²) in [7, 11) is 0. The average molecular weight is 258 g/mol. The maximum absolute atomic E-state index is 5.94. The van der Waals surface area contributed by atoms with Crippen LogP contribution in [-0.2, 0) is 5.41 Å². The molecule has 3 heteroatoms. The van der Waals surface area contributed by atoms with E-state index in [9.17, 15) is 0 Å². The number of hydrogen-bond donors (Lipinski definition) is 1. The average Bonchev–Trinajstić information content (AvgIpc) is 2.79. The van der Waals surface area contributed by atoms with Gasteiger partial charge < -0.3 is 5.73 Å². The van der Waals surface area contributed by atoms with Gasteiger partial charge in [-0.1, -0.05) is 30.7 Å². The van der Waals surface area contributed by atoms with Crippen LogP contribution in [0, 0.1) is 6.92 Å². The topological polar surface area (TPSA) is 38.9 Å². The number of rotatable bonds is 3. The summed E-state index contributed by atoms with van der Waals surface area (Å²) >= 11 is 1.74. The van der Waals surface area contributed by atoms with Crippen molar-refractivity contribution in [2.75, 3.05) is 6.54 Å². The van der Waals surface area contributed by atoms with E-state index in [2.05, 4.69) is 36.6 Å². The van der Waals surface area contributed by atoms with E-state index in [1.807, 2.05) is 0 Å². The Balaban J connectivity index is 1.97. The summed E-state index contributed by atoms with van der Waals surface area (Å²) < 4.78 is 0. The Hall–Kier alpha value is -1.19. The smallest absolute Gasteiger partial charge is 0.123 e. The van der Waals surface area contributed by atoms with Crippen molar-refractivity contribution in [3.63, 3.8) is 0 Å². The first-order valence-corrected chi connectivity index (χ1v) is 7.35. The molecular formula is C15H18N2S. The maximum Gasteiger partial charge on any atom is 0.123 e. The van der Waals surface area contributed by atoms with Gasteiger partial charge in [0.25, 0.3) is 0 Å². The lowest BCUT2D eigenvalue weighted by Gasteiger charge is -2.39. The zero-order valence-corrected chi connectivity index (χ0v) is 11.5. The van der Waals surface area contributed by atoms with Crippen LogP contribution in [0.2, 0.25) is 0 Å². The summed E-state index contributed by atoms with van der Waals surface area (Å²) in [6, 6.07) is 8.43. The van der Waals surface area contributed by atoms with E-state index in [0.29, 0.717) is 0 Å². The van der Waals surface area contributed by atoms with Crippen LogP contribution in [-0.4, -0.2) is 11.5 Å². The molecule has 0 atom stereocenters. The van der Waals surface area contributed by atoms with Crippen molar-refractivity contribution in [3.05, 3.63) is 40.9 Å². The number of thiazole rings is 1. The number of nitrogens with two attached hydrogens (primary N) is 1. The summed E-state index contributed by atoms with van der Waals surface area (Å²) in [4.78, 5) is 4.84. The summed E-state index contributed by atoms with van der Waals surface area (Å²) in [5.41, 5.74) is 9.87. The molecule has 1 aromatic heterocycles. The van der Waals surface area contributed by atoms with Gasteiger partial charge in [0.05, 0.1) is 5.69 Å². The summed E-state index contributed by atoms with van der Waals surface area (Å²) in [6.45, 7) is 2.86. The molecule has 2 nitrogen and oxygen atoms in total. The third-order valence-corrected chi connectivity index (χ3v) is 5.00. The molecule has 0 spiro atoms. The van der Waals surface area contributed by atoms with Gasteiger partial charge in [-0.2, -0.15) is 0 Å². The molecule has 0 aliphatic heterocycles. The van der Waals surface area contributed by atoms with Gasteiger partial charge in [0.1, 0.15) is 5.01 Å². The van der Waals surface area contributed by atoms with E-state index in [1.165, 1.54) is 36.1 Å². The van der Waals surface area contributed by atoms with Crippen LogP contribution in [0.5, 0.6) is 0 Å². The summed E-state index contributed by atoms with van der Waals surface area (Å²) in [6.07, 6.45) is 3.68. The highest BCUT2D eigenvalue weighted by atomic mass is 32.1. The van der Waals surface area contributed by atoms with Crippen molar-refractivity contribution in [2.24, 2.45) is 5.73 Å². The quantitative estimate of drug-likeness (QED) is 0.915. The SMILES string of the molecule is Cc1ccccc1-c1nc(C2(CN)CCC2)cs1. The van der Waals surface area contributed by atoms with Gasteiger partial charge in [-0.15, -0.1) is 11.3 Å². The zero-order chi connectivity index (χ0) is 12.6. The van der Waals surface area contributed by atoms with E-state index < -0.39 is 0 Å². The molecule has 2 N–H and O–H groups in total. The summed E-state index contributed by atoms with van der Waals surface area (Å²) in [5.74, 6) is 0. The van der Waals surface area contributed by atoms with Gasteiger partial charge in [-0.25, -0.2) is 4.98 Å². The molecule has 18 heavy (non-hydrogen) atoms. The van der Waals surface area contributed by atoms with Crippen molar-refractivity contribution in [3.8, 4) is 10.6 Å². The van der Waals surface area contributed by atoms with Crippen molar-refractivity contribution in [1.29, 1.82) is 0 Å². The molecule has 2 aromatic rings. The van der Waals surface area contributed by atoms with E-state index in [-0.39, 0.29) is 5.41 Å². The third kappa shape index (κ3) is 1.78. The van der Waals surface area contributed by atoms with Gasteiger partial charge in [0.2, 0.25) is 0 Å². The summed E-state index contributed by atoms with van der Waals surface area (Å²) in [5, 5.41) is 3.33. The Morgan fingerprint density at radius 2 is 2.11 bits per heavy atom. The normalized spacial score (nSPS) is 17.4. The lowest BCUT2D eigenvalue weighted by Crippen LogP contribution is -2.41. The van der Waals surface area contributed by atoms with Gasteiger partial charge in [0, 0.05) is 22.9 Å². The highest BCUT2D eigenvalue weighted by molar-refractivity contribution is 7.13. The first kappa shape index (κ1) is 11.9. The molecule has 0 amide bonds. The molecule has 1 aromatic carbocycles. The minimum absolute atomic E-state index is 0.178. The highest BCUT2D eigenvalue weighted by Crippen LogP contribution is 2.44. The minimum Gasteiger partial charge on any atom is -0.330 e. The van der Waals surface area contributed by atoms with Crippen molar-refractivity contribution in [1.82, 2.24) is 4.98 Å². The number of nitrogens with zero attached hydrogens (tertiary/aromatic N) is 1. The Kier molecular flexibility index (Phi) is 2.96. The fraction of sp³-hybridized carbons (Fsp3) is 0.400. The van der Waals surface area contributed by atoms with Crippen LogP contribution < -0.4 is 5.73 Å². The Morgan fingerprint density at radius 1 is 1.33 bits per heavy atom. The zero-order valence-electron chi connectivity index (χ0n) is 10.6. The van der Waals surface area contributed by atoms with Crippen molar-refractivity contribution < 1.29 is 0 Å². The molecule has 1 heterocycles. The monoisotopic (exact) mass is 258 g/mol. The number of aryl methyl sites for hydroxylation is 1. The second kappa shape index (κ2) is 4.48. The van der Waals surface area contributed by atoms with Crippen LogP contribution >= 0.6 is 11.3 Å². The Bertz CT molecular complexity index is 550. The standard InChI is InChI=1S/C15H18N2S/c1-11-5-2-3-6-12(11)14-17-13(9-18-14)15(10-16)7-4-8-15/h2-3,5-6,9H,4,7-8,10,16H2,1H3. The second-order valence-electron chi connectivity index (χ2n) is 5.19. The fourth-order valence-corrected chi connectivity index (χ4v) is 3.66. The molecule has 1 fully saturated rings. The molecule has 3 rings (SSSR count). The van der Waals surface area contributed by atoms with Crippen LogP contribution in [0.1, 0.15) is 30.5 Å². The molecule has 1 aliphatic carbocycles. The molecule has 1 saturated carbocycles. The second-order valence-corrected chi connectivity index (χ2v) is 6.05. The predicted octanol–water partition coefficient (Wildman–Crippen LogP) is 3.50. The van der Waals surface area contributed by atoms with E-state index in [1.54, 1.807) is 11.3 Å². The highest BCUT2D eigenvalue weighted by Gasteiger charge is 2.39. The van der Waals surface area contributed by atoms with Crippen LogP contribution in [0.4, 0.5) is 0 Å². The largest absolute Gasteiger partial charge is 0.330 e. The number of benzene rings is 1. The minimum atomic E-state index is 0.178. The maximum atomic E-state index is 5.94. The fourth-order valence-electron chi connectivity index (χ4n) is 2.62. The molecule has 0 unspecified atom stereocenters. The molecular weight excluding hydrogens is 240 g/mol. The first-order chi connectivity index (χ1) is 8.75. The number of hydrogen-bond acceptors (Lipinski definition) is 3. The Labute approximate surface area is 112 Å². The lowest BCUT2D eigenvalue weighted by molar-refractivity contribution is 0.247. The first-order valence-electron chi connectivity index (χ1n) is 6.47.